The third-order valence-corrected chi connectivity index (χ3v) is 3.46. The first-order valence-electron chi connectivity index (χ1n) is 6.36. The molecule has 0 heterocycles. The lowest BCUT2D eigenvalue weighted by Gasteiger charge is -2.13. The zero-order chi connectivity index (χ0) is 14.5. The summed E-state index contributed by atoms with van der Waals surface area (Å²) in [6.45, 7) is 2.44. The van der Waals surface area contributed by atoms with E-state index < -0.39 is 0 Å². The molecular formula is C16H15ClFNO. The van der Waals surface area contributed by atoms with Gasteiger partial charge in [0.1, 0.15) is 5.82 Å². The highest BCUT2D eigenvalue weighted by atomic mass is 35.5. The SMILES string of the molecule is CC(CNC(=O)c1ccccc1Cl)c1ccc(F)cc1. The maximum absolute atomic E-state index is 12.8. The Morgan fingerprint density at radius 1 is 1.20 bits per heavy atom. The predicted octanol–water partition coefficient (Wildman–Crippen LogP) is 4.01. The van der Waals surface area contributed by atoms with E-state index in [2.05, 4.69) is 5.32 Å². The first-order chi connectivity index (χ1) is 9.58. The Morgan fingerprint density at radius 3 is 2.50 bits per heavy atom. The van der Waals surface area contributed by atoms with Crippen LogP contribution in [0.2, 0.25) is 5.02 Å². The van der Waals surface area contributed by atoms with Crippen LogP contribution in [0.5, 0.6) is 0 Å². The quantitative estimate of drug-likeness (QED) is 0.906. The van der Waals surface area contributed by atoms with Gasteiger partial charge < -0.3 is 5.32 Å². The Labute approximate surface area is 122 Å². The smallest absolute Gasteiger partial charge is 0.252 e. The van der Waals surface area contributed by atoms with E-state index in [1.807, 2.05) is 6.92 Å². The van der Waals surface area contributed by atoms with Crippen molar-refractivity contribution in [3.05, 3.63) is 70.5 Å². The third-order valence-electron chi connectivity index (χ3n) is 3.13. The summed E-state index contributed by atoms with van der Waals surface area (Å²) in [7, 11) is 0. The maximum Gasteiger partial charge on any atom is 0.252 e. The minimum atomic E-state index is -0.263. The molecule has 20 heavy (non-hydrogen) atoms. The molecule has 4 heteroatoms. The summed E-state index contributed by atoms with van der Waals surface area (Å²) < 4.78 is 12.8. The van der Waals surface area contributed by atoms with E-state index >= 15 is 0 Å². The van der Waals surface area contributed by atoms with Gasteiger partial charge in [-0.05, 0) is 35.7 Å². The number of hydrogen-bond acceptors (Lipinski definition) is 1. The van der Waals surface area contributed by atoms with Crippen LogP contribution in [0.25, 0.3) is 0 Å². The molecule has 2 nitrogen and oxygen atoms in total. The van der Waals surface area contributed by atoms with Gasteiger partial charge in [0.15, 0.2) is 0 Å². The van der Waals surface area contributed by atoms with E-state index in [0.29, 0.717) is 17.1 Å². The molecule has 0 radical (unpaired) electrons. The van der Waals surface area contributed by atoms with Crippen molar-refractivity contribution < 1.29 is 9.18 Å². The molecule has 2 aromatic rings. The van der Waals surface area contributed by atoms with Crippen LogP contribution in [-0.2, 0) is 0 Å². The van der Waals surface area contributed by atoms with E-state index in [4.69, 9.17) is 11.6 Å². The predicted molar refractivity (Wildman–Crippen MR) is 78.6 cm³/mol. The lowest BCUT2D eigenvalue weighted by molar-refractivity contribution is 0.0952. The summed E-state index contributed by atoms with van der Waals surface area (Å²) in [5.41, 5.74) is 1.44. The van der Waals surface area contributed by atoms with Gasteiger partial charge >= 0.3 is 0 Å². The van der Waals surface area contributed by atoms with Crippen molar-refractivity contribution in [2.75, 3.05) is 6.54 Å². The summed E-state index contributed by atoms with van der Waals surface area (Å²) >= 11 is 5.97. The van der Waals surface area contributed by atoms with Crippen LogP contribution < -0.4 is 5.32 Å². The molecule has 0 aromatic heterocycles. The third kappa shape index (κ3) is 3.58. The average Bonchev–Trinajstić information content (AvgIpc) is 2.45. The Bertz CT molecular complexity index is 598. The summed E-state index contributed by atoms with van der Waals surface area (Å²) in [6, 6.07) is 13.2. The van der Waals surface area contributed by atoms with Crippen molar-refractivity contribution >= 4 is 17.5 Å². The molecule has 0 saturated carbocycles. The second kappa shape index (κ2) is 6.53. The molecule has 2 rings (SSSR count). The molecule has 0 aliphatic heterocycles. The Balaban J connectivity index is 1.97. The number of carbonyl (C=O) groups excluding carboxylic acids is 1. The molecule has 0 aliphatic rings. The molecule has 0 spiro atoms. The second-order valence-corrected chi connectivity index (χ2v) is 5.05. The number of benzene rings is 2. The van der Waals surface area contributed by atoms with Crippen molar-refractivity contribution in [1.82, 2.24) is 5.32 Å². The van der Waals surface area contributed by atoms with Crippen LogP contribution in [0, 0.1) is 5.82 Å². The van der Waals surface area contributed by atoms with Crippen molar-refractivity contribution in [3.63, 3.8) is 0 Å². The van der Waals surface area contributed by atoms with Gasteiger partial charge in [-0.1, -0.05) is 42.8 Å². The first-order valence-corrected chi connectivity index (χ1v) is 6.74. The Morgan fingerprint density at radius 2 is 1.85 bits per heavy atom. The van der Waals surface area contributed by atoms with Crippen LogP contribution in [0.1, 0.15) is 28.8 Å². The Kier molecular flexibility index (Phi) is 4.74. The molecule has 0 aliphatic carbocycles. The van der Waals surface area contributed by atoms with Gasteiger partial charge in [-0.15, -0.1) is 0 Å². The van der Waals surface area contributed by atoms with E-state index in [1.165, 1.54) is 12.1 Å². The van der Waals surface area contributed by atoms with Gasteiger partial charge in [0.2, 0.25) is 0 Å². The topological polar surface area (TPSA) is 29.1 Å². The second-order valence-electron chi connectivity index (χ2n) is 4.64. The van der Waals surface area contributed by atoms with Gasteiger partial charge in [0.05, 0.1) is 10.6 Å². The van der Waals surface area contributed by atoms with Crippen LogP contribution >= 0.6 is 11.6 Å². The van der Waals surface area contributed by atoms with E-state index in [1.54, 1.807) is 36.4 Å². The Hall–Kier alpha value is -1.87. The van der Waals surface area contributed by atoms with Crippen molar-refractivity contribution in [2.24, 2.45) is 0 Å². The highest BCUT2D eigenvalue weighted by Crippen LogP contribution is 2.17. The van der Waals surface area contributed by atoms with Crippen molar-refractivity contribution in [3.8, 4) is 0 Å². The summed E-state index contributed by atoms with van der Waals surface area (Å²) in [6.07, 6.45) is 0. The standard InChI is InChI=1S/C16H15ClFNO/c1-11(12-6-8-13(18)9-7-12)10-19-16(20)14-4-2-3-5-15(14)17/h2-9,11H,10H2,1H3,(H,19,20). The van der Waals surface area contributed by atoms with Crippen molar-refractivity contribution in [2.45, 2.75) is 12.8 Å². The molecule has 2 aromatic carbocycles. The molecule has 0 saturated heterocycles. The monoisotopic (exact) mass is 291 g/mol. The van der Waals surface area contributed by atoms with Gasteiger partial charge in [0.25, 0.3) is 5.91 Å². The number of nitrogens with one attached hydrogen (secondary N) is 1. The fraction of sp³-hybridized carbons (Fsp3) is 0.188. The molecular weight excluding hydrogens is 277 g/mol. The lowest BCUT2D eigenvalue weighted by atomic mass is 10.0. The van der Waals surface area contributed by atoms with Crippen LogP contribution in [0.15, 0.2) is 48.5 Å². The molecule has 104 valence electrons. The molecule has 1 unspecified atom stereocenters. The van der Waals surface area contributed by atoms with Gasteiger partial charge in [-0.2, -0.15) is 0 Å². The number of halogens is 2. The maximum atomic E-state index is 12.8. The zero-order valence-electron chi connectivity index (χ0n) is 11.1. The minimum absolute atomic E-state index is 0.0991. The summed E-state index contributed by atoms with van der Waals surface area (Å²) in [5.74, 6) is -0.368. The zero-order valence-corrected chi connectivity index (χ0v) is 11.8. The van der Waals surface area contributed by atoms with Crippen LogP contribution in [0.4, 0.5) is 4.39 Å². The molecule has 1 N–H and O–H groups in total. The van der Waals surface area contributed by atoms with Gasteiger partial charge in [0, 0.05) is 6.54 Å². The van der Waals surface area contributed by atoms with E-state index in [0.717, 1.165) is 5.56 Å². The van der Waals surface area contributed by atoms with Gasteiger partial charge in [-0.3, -0.25) is 4.79 Å². The molecule has 0 fully saturated rings. The molecule has 1 atom stereocenters. The summed E-state index contributed by atoms with van der Waals surface area (Å²) in [4.78, 5) is 12.0. The van der Waals surface area contributed by atoms with Crippen molar-refractivity contribution in [1.29, 1.82) is 0 Å². The van der Waals surface area contributed by atoms with Gasteiger partial charge in [-0.25, -0.2) is 4.39 Å². The number of amides is 1. The number of rotatable bonds is 4. The number of carbonyl (C=O) groups is 1. The van der Waals surface area contributed by atoms with E-state index in [9.17, 15) is 9.18 Å². The first kappa shape index (κ1) is 14.5. The fourth-order valence-corrected chi connectivity index (χ4v) is 2.12. The highest BCUT2D eigenvalue weighted by Gasteiger charge is 2.11. The van der Waals surface area contributed by atoms with Crippen LogP contribution in [-0.4, -0.2) is 12.5 Å². The fourth-order valence-electron chi connectivity index (χ4n) is 1.90. The normalized spacial score (nSPS) is 11.9. The average molecular weight is 292 g/mol. The minimum Gasteiger partial charge on any atom is -0.351 e. The largest absolute Gasteiger partial charge is 0.351 e. The lowest BCUT2D eigenvalue weighted by Crippen LogP contribution is -2.27. The highest BCUT2D eigenvalue weighted by molar-refractivity contribution is 6.33. The number of hydrogen-bond donors (Lipinski definition) is 1. The van der Waals surface area contributed by atoms with E-state index in [-0.39, 0.29) is 17.6 Å². The molecule has 0 bridgehead atoms. The summed E-state index contributed by atoms with van der Waals surface area (Å²) in [5, 5.41) is 3.27. The molecule has 1 amide bonds. The van der Waals surface area contributed by atoms with Crippen LogP contribution in [0.3, 0.4) is 0 Å².